The number of nitriles is 1. The van der Waals surface area contributed by atoms with Crippen molar-refractivity contribution in [3.63, 3.8) is 0 Å². The largest absolute Gasteiger partial charge is 0.378 e. The number of piperidine rings is 1. The lowest BCUT2D eigenvalue weighted by Crippen LogP contribution is -2.36. The van der Waals surface area contributed by atoms with Crippen LogP contribution >= 0.6 is 0 Å². The molecule has 2 fully saturated rings. The van der Waals surface area contributed by atoms with Crippen molar-refractivity contribution in [2.45, 2.75) is 145 Å². The summed E-state index contributed by atoms with van der Waals surface area (Å²) >= 11 is 0. The van der Waals surface area contributed by atoms with Gasteiger partial charge in [0.25, 0.3) is 0 Å². The van der Waals surface area contributed by atoms with Gasteiger partial charge in [-0.2, -0.15) is 5.26 Å². The minimum absolute atomic E-state index is 0.548. The molecule has 7 heteroatoms. The summed E-state index contributed by atoms with van der Waals surface area (Å²) in [5.41, 5.74) is 21.4. The molecule has 5 aromatic rings. The van der Waals surface area contributed by atoms with Crippen molar-refractivity contribution in [3.05, 3.63) is 206 Å². The Labute approximate surface area is 473 Å². The number of nitrogens with zero attached hydrogens (tertiary/aromatic N) is 6. The molecule has 0 N–H and O–H groups in total. The van der Waals surface area contributed by atoms with Crippen molar-refractivity contribution in [3.8, 4) is 6.07 Å². The quantitative estimate of drug-likeness (QED) is 0.109. The van der Waals surface area contributed by atoms with Gasteiger partial charge in [-0.3, -0.25) is 19.6 Å². The summed E-state index contributed by atoms with van der Waals surface area (Å²) in [4.78, 5) is 12.6. The fourth-order valence-corrected chi connectivity index (χ4v) is 12.0. The number of hydrogen-bond acceptors (Lipinski definition) is 7. The van der Waals surface area contributed by atoms with Crippen LogP contribution < -0.4 is 4.90 Å². The highest BCUT2D eigenvalue weighted by Crippen LogP contribution is 2.32. The monoisotopic (exact) mass is 1050 g/mol. The Kier molecular flexibility index (Phi) is 23.6. The highest BCUT2D eigenvalue weighted by Gasteiger charge is 2.23. The van der Waals surface area contributed by atoms with Crippen LogP contribution in [0.2, 0.25) is 0 Å². The van der Waals surface area contributed by atoms with Gasteiger partial charge in [0.1, 0.15) is 0 Å². The summed E-state index contributed by atoms with van der Waals surface area (Å²) in [6.45, 7) is 41.5. The number of rotatable bonds is 13. The van der Waals surface area contributed by atoms with Gasteiger partial charge in [-0.25, -0.2) is 0 Å². The van der Waals surface area contributed by atoms with Crippen molar-refractivity contribution in [2.75, 3.05) is 77.0 Å². The van der Waals surface area contributed by atoms with Crippen molar-refractivity contribution in [1.82, 2.24) is 19.6 Å². The number of ether oxygens (including phenoxy) is 1. The predicted octanol–water partition coefficient (Wildman–Crippen LogP) is 15.2. The van der Waals surface area contributed by atoms with Gasteiger partial charge in [0.2, 0.25) is 0 Å². The second-order valence-corrected chi connectivity index (χ2v) is 23.5. The van der Waals surface area contributed by atoms with E-state index in [-0.39, 0.29) is 0 Å². The van der Waals surface area contributed by atoms with E-state index in [4.69, 9.17) is 10.00 Å². The average molecular weight is 1050 g/mol. The molecule has 0 unspecified atom stereocenters. The number of allylic oxidation sites excluding steroid dienone is 3. The Morgan fingerprint density at radius 3 is 1.71 bits per heavy atom. The Morgan fingerprint density at radius 1 is 0.577 bits per heavy atom. The first-order valence-corrected chi connectivity index (χ1v) is 29.9. The molecular weight excluding hydrogens is 953 g/mol. The number of benzene rings is 5. The van der Waals surface area contributed by atoms with Gasteiger partial charge in [0.15, 0.2) is 0 Å². The Morgan fingerprint density at radius 2 is 1.13 bits per heavy atom. The minimum Gasteiger partial charge on any atom is -0.378 e. The first-order valence-electron chi connectivity index (χ1n) is 29.9. The zero-order chi connectivity index (χ0) is 55.4. The van der Waals surface area contributed by atoms with Gasteiger partial charge in [-0.1, -0.05) is 170 Å². The van der Waals surface area contributed by atoms with E-state index in [2.05, 4.69) is 203 Å². The number of aryl methyl sites for hydroxylation is 1. The van der Waals surface area contributed by atoms with E-state index >= 15 is 0 Å². The van der Waals surface area contributed by atoms with Crippen LogP contribution in [0.3, 0.4) is 0 Å². The standard InChI is InChI=1S/C24H34N2O.C20H25N.C14H21N.C13H16N2/c1-5-6-23(19(2)3)24-11-12-25(17-20(24)4)18-21-7-9-22(10-8-21)26-13-15-27-16-14-26;1-15(2)19-6-4-5-18-14-21(12-11-20(18)19)13-17-9-7-16(3)8-10-17;1-4-15-9-8-12-6-5-7-13(11(2)3)14(12)10-15;14-10-12-4-6-13(7-5-12)11-15-8-2-1-3-9-15/h5-10,19H,1,11-18H2,2-4H3;4-10,15H,11-14H2,1-3H3;5-7,11H,4,8-10H2,1-3H3;4-7H,1-3,8-9,11H2/b23-6-;;;. The summed E-state index contributed by atoms with van der Waals surface area (Å²) in [5.74, 6) is 1.83. The van der Waals surface area contributed by atoms with Crippen molar-refractivity contribution < 1.29 is 4.74 Å². The molecular formula is C71H96N6O. The van der Waals surface area contributed by atoms with Gasteiger partial charge in [0, 0.05) is 77.7 Å². The third-order valence-electron chi connectivity index (χ3n) is 16.6. The molecule has 0 bridgehead atoms. The third kappa shape index (κ3) is 17.7. The number of likely N-dealkylation sites (N-methyl/N-ethyl adjacent to an activating group) is 1. The van der Waals surface area contributed by atoms with Gasteiger partial charge in [-0.05, 0) is 169 Å². The molecule has 78 heavy (non-hydrogen) atoms. The topological polar surface area (TPSA) is 49.2 Å². The molecule has 416 valence electrons. The number of fused-ring (bicyclic) bond motifs is 2. The number of morpholine rings is 1. The lowest BCUT2D eigenvalue weighted by Gasteiger charge is -2.32. The Bertz CT molecular complexity index is 2730. The van der Waals surface area contributed by atoms with Crippen LogP contribution in [-0.2, 0) is 50.3 Å². The smallest absolute Gasteiger partial charge is 0.0991 e. The second kappa shape index (κ2) is 30.7. The fourth-order valence-electron chi connectivity index (χ4n) is 12.0. The summed E-state index contributed by atoms with van der Waals surface area (Å²) in [7, 11) is 0. The van der Waals surface area contributed by atoms with Gasteiger partial charge in [-0.15, -0.1) is 0 Å². The first-order chi connectivity index (χ1) is 37.8. The van der Waals surface area contributed by atoms with Gasteiger partial charge >= 0.3 is 0 Å². The van der Waals surface area contributed by atoms with Crippen LogP contribution in [0, 0.1) is 24.2 Å². The molecule has 5 aliphatic heterocycles. The summed E-state index contributed by atoms with van der Waals surface area (Å²) < 4.78 is 5.45. The van der Waals surface area contributed by atoms with Gasteiger partial charge in [0.05, 0.1) is 24.8 Å². The molecule has 0 aliphatic carbocycles. The SMILES string of the molecule is C=C/C=C(\C1=C(C)CN(Cc2ccc(N3CCOCC3)cc2)CC1)C(C)C.CCN1CCc2cccc(C(C)C)c2C1.Cc1ccc(CN2CCc3c(cccc3C(C)C)C2)cc1.N#Cc1ccc(CN2CCCCC2)cc1. The van der Waals surface area contributed by atoms with Crippen LogP contribution in [-0.4, -0.2) is 91.7 Å². The van der Waals surface area contributed by atoms with Crippen molar-refractivity contribution >= 4 is 5.69 Å². The Hall–Kier alpha value is -5.59. The van der Waals surface area contributed by atoms with Crippen LogP contribution in [0.5, 0.6) is 0 Å². The van der Waals surface area contributed by atoms with Crippen LogP contribution in [0.4, 0.5) is 5.69 Å². The molecule has 0 aromatic heterocycles. The molecule has 0 spiro atoms. The highest BCUT2D eigenvalue weighted by atomic mass is 16.5. The lowest BCUT2D eigenvalue weighted by molar-refractivity contribution is 0.122. The number of likely N-dealkylation sites (tertiary alicyclic amines) is 1. The third-order valence-corrected chi connectivity index (χ3v) is 16.6. The van der Waals surface area contributed by atoms with Gasteiger partial charge < -0.3 is 9.64 Å². The maximum Gasteiger partial charge on any atom is 0.0991 e. The van der Waals surface area contributed by atoms with Crippen LogP contribution in [0.1, 0.15) is 154 Å². The van der Waals surface area contributed by atoms with E-state index in [0.29, 0.717) is 17.8 Å². The van der Waals surface area contributed by atoms with E-state index < -0.39 is 0 Å². The molecule has 5 aromatic carbocycles. The zero-order valence-corrected chi connectivity index (χ0v) is 49.6. The predicted molar refractivity (Wildman–Crippen MR) is 330 cm³/mol. The van der Waals surface area contributed by atoms with Crippen LogP contribution in [0.15, 0.2) is 145 Å². The van der Waals surface area contributed by atoms with E-state index in [0.717, 1.165) is 84.1 Å². The molecule has 7 nitrogen and oxygen atoms in total. The van der Waals surface area contributed by atoms with Crippen LogP contribution in [0.25, 0.3) is 0 Å². The maximum absolute atomic E-state index is 8.69. The molecule has 5 heterocycles. The maximum atomic E-state index is 8.69. The van der Waals surface area contributed by atoms with Crippen molar-refractivity contribution in [1.29, 1.82) is 5.26 Å². The average Bonchev–Trinajstić information content (AvgIpc) is 3.47. The minimum atomic E-state index is 0.548. The zero-order valence-electron chi connectivity index (χ0n) is 49.6. The van der Waals surface area contributed by atoms with E-state index in [1.165, 1.54) is 109 Å². The van der Waals surface area contributed by atoms with E-state index in [1.807, 2.05) is 18.2 Å². The lowest BCUT2D eigenvalue weighted by atomic mass is 9.87. The molecule has 0 atom stereocenters. The van der Waals surface area contributed by atoms with E-state index in [1.54, 1.807) is 33.4 Å². The Balaban J connectivity index is 0.000000155. The molecule has 0 radical (unpaired) electrons. The molecule has 2 saturated heterocycles. The first kappa shape index (κ1) is 60.1. The van der Waals surface area contributed by atoms with E-state index in [9.17, 15) is 0 Å². The van der Waals surface area contributed by atoms with Crippen molar-refractivity contribution in [2.24, 2.45) is 5.92 Å². The molecule has 5 aliphatic rings. The second-order valence-electron chi connectivity index (χ2n) is 23.5. The number of anilines is 1. The normalized spacial score (nSPS) is 17.5. The molecule has 10 rings (SSSR count). The molecule has 0 saturated carbocycles. The summed E-state index contributed by atoms with van der Waals surface area (Å²) in [5, 5.41) is 8.69. The number of hydrogen-bond donors (Lipinski definition) is 0. The fraction of sp³-hybridized carbons (Fsp3) is 0.479. The summed E-state index contributed by atoms with van der Waals surface area (Å²) in [6.07, 6.45) is 11.7. The summed E-state index contributed by atoms with van der Waals surface area (Å²) in [6, 6.07) is 41.8. The highest BCUT2D eigenvalue weighted by molar-refractivity contribution is 5.48. The molecule has 0 amide bonds.